The van der Waals surface area contributed by atoms with Gasteiger partial charge >= 0.3 is 0 Å². The molecular formula is C29H40N4O4. The van der Waals surface area contributed by atoms with Crippen LogP contribution in [-0.2, 0) is 6.42 Å². The Kier molecular flexibility index (Phi) is 9.29. The molecule has 0 radical (unpaired) electrons. The lowest BCUT2D eigenvalue weighted by Crippen LogP contribution is -2.39. The largest absolute Gasteiger partial charge is 0.490 e. The molecule has 3 N–H and O–H groups in total. The molecule has 1 aliphatic rings. The number of aryl methyl sites for hydroxylation is 3. The van der Waals surface area contributed by atoms with Gasteiger partial charge in [0, 0.05) is 41.0 Å². The molecule has 0 aliphatic heterocycles. The van der Waals surface area contributed by atoms with Crippen molar-refractivity contribution in [2.24, 2.45) is 0 Å². The molecule has 4 rings (SSSR count). The lowest BCUT2D eigenvalue weighted by molar-refractivity contribution is 0.0987. The van der Waals surface area contributed by atoms with Gasteiger partial charge in [-0.1, -0.05) is 31.8 Å². The van der Waals surface area contributed by atoms with Crippen LogP contribution >= 0.6 is 0 Å². The van der Waals surface area contributed by atoms with Crippen molar-refractivity contribution in [1.82, 2.24) is 20.4 Å². The van der Waals surface area contributed by atoms with Gasteiger partial charge in [-0.25, -0.2) is 0 Å². The quantitative estimate of drug-likeness (QED) is 0.322. The molecule has 8 nitrogen and oxygen atoms in total. The zero-order valence-electron chi connectivity index (χ0n) is 22.5. The maximum absolute atomic E-state index is 10.4. The number of pyridine rings is 1. The molecule has 1 aliphatic carbocycles. The summed E-state index contributed by atoms with van der Waals surface area (Å²) in [7, 11) is 0. The fourth-order valence-corrected chi connectivity index (χ4v) is 5.03. The first-order valence-electron chi connectivity index (χ1n) is 13.5. The van der Waals surface area contributed by atoms with Crippen LogP contribution in [0.4, 0.5) is 0 Å². The average Bonchev–Trinajstić information content (AvgIpc) is 3.61. The van der Waals surface area contributed by atoms with E-state index in [1.54, 1.807) is 0 Å². The summed E-state index contributed by atoms with van der Waals surface area (Å²) in [4.78, 5) is 9.49. The predicted octanol–water partition coefficient (Wildman–Crippen LogP) is 4.74. The number of hydrogen-bond donors (Lipinski definition) is 3. The highest BCUT2D eigenvalue weighted by atomic mass is 16.5. The van der Waals surface area contributed by atoms with Crippen molar-refractivity contribution in [3.05, 3.63) is 46.8 Å². The third kappa shape index (κ3) is 6.74. The molecule has 2 atom stereocenters. The number of benzene rings is 1. The molecule has 37 heavy (non-hydrogen) atoms. The molecule has 0 saturated heterocycles. The lowest BCUT2D eigenvalue weighted by atomic mass is 10.0. The highest BCUT2D eigenvalue weighted by Gasteiger charge is 2.21. The van der Waals surface area contributed by atoms with Crippen molar-refractivity contribution >= 4 is 0 Å². The third-order valence-corrected chi connectivity index (χ3v) is 7.19. The summed E-state index contributed by atoms with van der Waals surface area (Å²) in [6.07, 6.45) is 5.78. The van der Waals surface area contributed by atoms with Crippen LogP contribution in [0.25, 0.3) is 22.8 Å². The van der Waals surface area contributed by atoms with Crippen molar-refractivity contribution in [2.75, 3.05) is 19.8 Å². The molecule has 2 aromatic heterocycles. The summed E-state index contributed by atoms with van der Waals surface area (Å²) in [5.41, 5.74) is 5.84. The van der Waals surface area contributed by atoms with Gasteiger partial charge in [0.25, 0.3) is 5.89 Å². The smallest absolute Gasteiger partial charge is 0.258 e. The van der Waals surface area contributed by atoms with Gasteiger partial charge in [0.1, 0.15) is 18.5 Å². The van der Waals surface area contributed by atoms with Gasteiger partial charge in [0.05, 0.1) is 6.61 Å². The molecule has 200 valence electrons. The second kappa shape index (κ2) is 12.6. The van der Waals surface area contributed by atoms with Crippen molar-refractivity contribution in [1.29, 1.82) is 0 Å². The first-order chi connectivity index (χ1) is 17.9. The molecule has 0 bridgehead atoms. The van der Waals surface area contributed by atoms with Gasteiger partial charge in [-0.3, -0.25) is 4.98 Å². The minimum atomic E-state index is -0.679. The van der Waals surface area contributed by atoms with E-state index in [9.17, 15) is 10.2 Å². The van der Waals surface area contributed by atoms with Crippen LogP contribution in [-0.4, -0.2) is 57.2 Å². The molecule has 0 spiro atoms. The van der Waals surface area contributed by atoms with Crippen molar-refractivity contribution < 1.29 is 19.5 Å². The number of aliphatic hydroxyl groups excluding tert-OH is 2. The van der Waals surface area contributed by atoms with Crippen molar-refractivity contribution in [3.8, 4) is 28.6 Å². The second-order valence-electron chi connectivity index (χ2n) is 10.1. The van der Waals surface area contributed by atoms with E-state index in [0.717, 1.165) is 52.2 Å². The number of aliphatic hydroxyl groups is 2. The van der Waals surface area contributed by atoms with Crippen molar-refractivity contribution in [3.63, 3.8) is 0 Å². The van der Waals surface area contributed by atoms with E-state index in [4.69, 9.17) is 19.2 Å². The van der Waals surface area contributed by atoms with Crippen molar-refractivity contribution in [2.45, 2.75) is 84.3 Å². The number of rotatable bonds is 12. The normalized spacial score (nSPS) is 15.7. The molecule has 1 saturated carbocycles. The monoisotopic (exact) mass is 508 g/mol. The van der Waals surface area contributed by atoms with Gasteiger partial charge in [-0.2, -0.15) is 4.98 Å². The summed E-state index contributed by atoms with van der Waals surface area (Å²) < 4.78 is 11.7. The van der Waals surface area contributed by atoms with Crippen LogP contribution < -0.4 is 10.1 Å². The van der Waals surface area contributed by atoms with Gasteiger partial charge in [-0.15, -0.1) is 0 Å². The Morgan fingerprint density at radius 3 is 2.57 bits per heavy atom. The standard InChI is InChI=1S/C29H40N4O4/c1-5-20-13-22(11-18(3)27(20)36-17-25(35)15-30-24(6-2)16-34)28-32-29(37-33-28)23-12-19(4)31-26(14-23)21-9-7-8-10-21/h11-14,21,24-25,30,34-35H,5-10,15-17H2,1-4H3/t24?,25-/m0/s1. The van der Waals surface area contributed by atoms with Crippen LogP contribution in [0.3, 0.4) is 0 Å². The minimum Gasteiger partial charge on any atom is -0.490 e. The zero-order chi connectivity index (χ0) is 26.4. The zero-order valence-corrected chi connectivity index (χ0v) is 22.5. The Morgan fingerprint density at radius 1 is 1.08 bits per heavy atom. The maximum Gasteiger partial charge on any atom is 0.258 e. The Balaban J connectivity index is 1.49. The molecule has 2 heterocycles. The average molecular weight is 509 g/mol. The van der Waals surface area contributed by atoms with E-state index in [1.165, 1.54) is 25.7 Å². The van der Waals surface area contributed by atoms with Crippen LogP contribution in [0.2, 0.25) is 0 Å². The topological polar surface area (TPSA) is 114 Å². The second-order valence-corrected chi connectivity index (χ2v) is 10.1. The molecule has 8 heteroatoms. The number of nitrogens with one attached hydrogen (secondary N) is 1. The van der Waals surface area contributed by atoms with Crippen LogP contribution in [0.15, 0.2) is 28.8 Å². The van der Waals surface area contributed by atoms with Gasteiger partial charge in [0.15, 0.2) is 0 Å². The summed E-state index contributed by atoms with van der Waals surface area (Å²) in [6.45, 7) is 8.64. The summed E-state index contributed by atoms with van der Waals surface area (Å²) in [5.74, 6) is 2.32. The SMILES string of the molecule is CCc1cc(-c2noc(-c3cc(C)nc(C4CCCC4)c3)n2)cc(C)c1OC[C@@H](O)CNC(CC)CO. The summed E-state index contributed by atoms with van der Waals surface area (Å²) in [5, 5.41) is 27.1. The fourth-order valence-electron chi connectivity index (χ4n) is 5.03. The molecular weight excluding hydrogens is 468 g/mol. The van der Waals surface area contributed by atoms with E-state index in [1.807, 2.05) is 39.0 Å². The highest BCUT2D eigenvalue weighted by Crippen LogP contribution is 2.35. The first-order valence-corrected chi connectivity index (χ1v) is 13.5. The van der Waals surface area contributed by atoms with Crippen LogP contribution in [0.5, 0.6) is 5.75 Å². The molecule has 1 unspecified atom stereocenters. The number of hydrogen-bond acceptors (Lipinski definition) is 8. The molecule has 3 aromatic rings. The first kappa shape index (κ1) is 27.2. The summed E-state index contributed by atoms with van der Waals surface area (Å²) in [6, 6.07) is 8.10. The van der Waals surface area contributed by atoms with Crippen LogP contribution in [0, 0.1) is 13.8 Å². The Hall–Kier alpha value is -2.81. The highest BCUT2D eigenvalue weighted by molar-refractivity contribution is 5.64. The minimum absolute atomic E-state index is 0.0212. The number of ether oxygens (including phenoxy) is 1. The Labute approximate surface area is 219 Å². The van der Waals surface area contributed by atoms with E-state index < -0.39 is 6.10 Å². The van der Waals surface area contributed by atoms with Gasteiger partial charge in [-0.05, 0) is 74.9 Å². The van der Waals surface area contributed by atoms with Gasteiger partial charge in [0.2, 0.25) is 5.82 Å². The third-order valence-electron chi connectivity index (χ3n) is 7.19. The molecule has 1 fully saturated rings. The van der Waals surface area contributed by atoms with Crippen LogP contribution in [0.1, 0.15) is 74.4 Å². The number of nitrogens with zero attached hydrogens (tertiary/aromatic N) is 3. The Bertz CT molecular complexity index is 1170. The predicted molar refractivity (Wildman–Crippen MR) is 144 cm³/mol. The maximum atomic E-state index is 10.4. The van der Waals surface area contributed by atoms with E-state index in [0.29, 0.717) is 24.2 Å². The van der Waals surface area contributed by atoms with E-state index >= 15 is 0 Å². The molecule has 1 aromatic carbocycles. The van der Waals surface area contributed by atoms with Gasteiger partial charge < -0.3 is 24.8 Å². The summed E-state index contributed by atoms with van der Waals surface area (Å²) >= 11 is 0. The number of aromatic nitrogens is 3. The molecule has 0 amide bonds. The fraction of sp³-hybridized carbons (Fsp3) is 0.552. The Morgan fingerprint density at radius 2 is 1.86 bits per heavy atom. The van der Waals surface area contributed by atoms with E-state index in [-0.39, 0.29) is 19.3 Å². The van der Waals surface area contributed by atoms with E-state index in [2.05, 4.69) is 23.5 Å². The lowest BCUT2D eigenvalue weighted by Gasteiger charge is -2.20.